The Hall–Kier alpha value is -3.82. The molecule has 2 aromatic carbocycles. The smallest absolute Gasteiger partial charge is 0.433 e. The summed E-state index contributed by atoms with van der Waals surface area (Å²) in [5.41, 5.74) is -1.30. The number of fused-ring (bicyclic) bond motifs is 1. The van der Waals surface area contributed by atoms with Gasteiger partial charge in [0.1, 0.15) is 23.1 Å². The van der Waals surface area contributed by atoms with Crippen molar-refractivity contribution in [2.24, 2.45) is 0 Å². The number of carboxylic acid groups (broad SMARTS) is 1. The molecule has 0 saturated heterocycles. The van der Waals surface area contributed by atoms with Gasteiger partial charge < -0.3 is 19.9 Å². The van der Waals surface area contributed by atoms with Gasteiger partial charge in [-0.15, -0.1) is 0 Å². The second kappa shape index (κ2) is 9.58. The SMILES string of the molecule is CC(C)(C)OC(=O)NC(Cc1ccc(Oc2nc(C(F)(F)F)cc3ccccc23)cc1)C(=O)O. The Kier molecular flexibility index (Phi) is 6.99. The minimum Gasteiger partial charge on any atom is -0.480 e. The summed E-state index contributed by atoms with van der Waals surface area (Å²) in [5.74, 6) is -1.23. The van der Waals surface area contributed by atoms with Crippen molar-refractivity contribution >= 4 is 22.8 Å². The van der Waals surface area contributed by atoms with Crippen molar-refractivity contribution < 1.29 is 37.3 Å². The van der Waals surface area contributed by atoms with Gasteiger partial charge in [0.05, 0.1) is 0 Å². The topological polar surface area (TPSA) is 97.8 Å². The third-order valence-electron chi connectivity index (χ3n) is 4.56. The highest BCUT2D eigenvalue weighted by atomic mass is 19.4. The number of alkyl halides is 3. The minimum absolute atomic E-state index is 0.0421. The van der Waals surface area contributed by atoms with Crippen LogP contribution in [0.25, 0.3) is 10.8 Å². The minimum atomic E-state index is -4.64. The summed E-state index contributed by atoms with van der Waals surface area (Å²) in [6, 6.07) is 12.2. The number of hydrogen-bond acceptors (Lipinski definition) is 5. The molecule has 0 aliphatic heterocycles. The lowest BCUT2D eigenvalue weighted by Gasteiger charge is -2.22. The zero-order chi connectivity index (χ0) is 25.1. The molecule has 34 heavy (non-hydrogen) atoms. The summed E-state index contributed by atoms with van der Waals surface area (Å²) in [4.78, 5) is 27.1. The van der Waals surface area contributed by atoms with Gasteiger partial charge in [0.2, 0.25) is 5.88 Å². The number of aromatic nitrogens is 1. The number of nitrogens with one attached hydrogen (secondary N) is 1. The molecule has 7 nitrogen and oxygen atoms in total. The van der Waals surface area contributed by atoms with Crippen molar-refractivity contribution in [2.75, 3.05) is 0 Å². The van der Waals surface area contributed by atoms with Gasteiger partial charge >= 0.3 is 18.2 Å². The fraction of sp³-hybridized carbons (Fsp3) is 0.292. The van der Waals surface area contributed by atoms with Crippen LogP contribution in [-0.2, 0) is 22.1 Å². The number of rotatable bonds is 6. The van der Waals surface area contributed by atoms with E-state index in [1.54, 1.807) is 51.1 Å². The van der Waals surface area contributed by atoms with E-state index in [4.69, 9.17) is 9.47 Å². The first-order chi connectivity index (χ1) is 15.8. The maximum atomic E-state index is 13.3. The van der Waals surface area contributed by atoms with Crippen molar-refractivity contribution in [3.63, 3.8) is 0 Å². The fourth-order valence-corrected chi connectivity index (χ4v) is 3.08. The number of halogens is 3. The fourth-order valence-electron chi connectivity index (χ4n) is 3.08. The first-order valence-corrected chi connectivity index (χ1v) is 10.3. The zero-order valence-corrected chi connectivity index (χ0v) is 18.6. The Balaban J connectivity index is 1.78. The lowest BCUT2D eigenvalue weighted by atomic mass is 10.1. The van der Waals surface area contributed by atoms with Crippen LogP contribution in [0.1, 0.15) is 32.0 Å². The molecule has 0 aliphatic carbocycles. The summed E-state index contributed by atoms with van der Waals surface area (Å²) in [6.45, 7) is 4.97. The van der Waals surface area contributed by atoms with Crippen molar-refractivity contribution in [1.82, 2.24) is 10.3 Å². The Bertz CT molecular complexity index is 1190. The molecule has 1 atom stereocenters. The maximum absolute atomic E-state index is 13.3. The van der Waals surface area contributed by atoms with Gasteiger partial charge in [0.15, 0.2) is 0 Å². The average molecular weight is 476 g/mol. The number of carbonyl (C=O) groups is 2. The number of benzene rings is 2. The van der Waals surface area contributed by atoms with Crippen molar-refractivity contribution in [2.45, 2.75) is 45.0 Å². The van der Waals surface area contributed by atoms with Gasteiger partial charge in [0.25, 0.3) is 0 Å². The first-order valence-electron chi connectivity index (χ1n) is 10.3. The number of pyridine rings is 1. The molecule has 1 amide bonds. The van der Waals surface area contributed by atoms with Gasteiger partial charge in [0, 0.05) is 11.8 Å². The summed E-state index contributed by atoms with van der Waals surface area (Å²) >= 11 is 0. The van der Waals surface area contributed by atoms with Gasteiger partial charge in [-0.2, -0.15) is 13.2 Å². The van der Waals surface area contributed by atoms with Crippen LogP contribution < -0.4 is 10.1 Å². The Morgan fingerprint density at radius 1 is 1.06 bits per heavy atom. The number of aliphatic carboxylic acids is 1. The molecular formula is C24H23F3N2O5. The van der Waals surface area contributed by atoms with Crippen molar-refractivity contribution in [3.8, 4) is 11.6 Å². The summed E-state index contributed by atoms with van der Waals surface area (Å²) in [5, 5.41) is 12.5. The van der Waals surface area contributed by atoms with E-state index in [0.717, 1.165) is 6.07 Å². The third-order valence-corrected chi connectivity index (χ3v) is 4.56. The van der Waals surface area contributed by atoms with Gasteiger partial charge in [-0.05, 0) is 56.0 Å². The van der Waals surface area contributed by atoms with Crippen LogP contribution in [0.4, 0.5) is 18.0 Å². The molecule has 0 fully saturated rings. The van der Waals surface area contributed by atoms with E-state index in [0.29, 0.717) is 16.3 Å². The van der Waals surface area contributed by atoms with E-state index in [-0.39, 0.29) is 18.1 Å². The molecule has 180 valence electrons. The molecule has 1 heterocycles. The Morgan fingerprint density at radius 3 is 2.29 bits per heavy atom. The Labute approximate surface area is 193 Å². The normalized spacial score (nSPS) is 12.8. The van der Waals surface area contributed by atoms with Crippen molar-refractivity contribution in [1.29, 1.82) is 0 Å². The second-order valence-electron chi connectivity index (χ2n) is 8.52. The van der Waals surface area contributed by atoms with E-state index in [1.807, 2.05) is 0 Å². The van der Waals surface area contributed by atoms with Gasteiger partial charge in [-0.25, -0.2) is 14.6 Å². The monoisotopic (exact) mass is 476 g/mol. The quantitative estimate of drug-likeness (QED) is 0.483. The molecule has 1 aromatic heterocycles. The van der Waals surface area contributed by atoms with Gasteiger partial charge in [-0.1, -0.05) is 30.3 Å². The maximum Gasteiger partial charge on any atom is 0.433 e. The number of alkyl carbamates (subject to hydrolysis) is 1. The molecule has 0 aliphatic rings. The molecule has 1 unspecified atom stereocenters. The molecule has 0 bridgehead atoms. The van der Waals surface area contributed by atoms with Gasteiger partial charge in [-0.3, -0.25) is 0 Å². The predicted molar refractivity (Wildman–Crippen MR) is 118 cm³/mol. The van der Waals surface area contributed by atoms with Crippen LogP contribution in [0.15, 0.2) is 54.6 Å². The highest BCUT2D eigenvalue weighted by Gasteiger charge is 2.33. The van der Waals surface area contributed by atoms with Crippen LogP contribution >= 0.6 is 0 Å². The van der Waals surface area contributed by atoms with Crippen LogP contribution in [-0.4, -0.2) is 33.8 Å². The van der Waals surface area contributed by atoms with E-state index in [1.165, 1.54) is 18.2 Å². The highest BCUT2D eigenvalue weighted by Crippen LogP contribution is 2.35. The largest absolute Gasteiger partial charge is 0.480 e. The second-order valence-corrected chi connectivity index (χ2v) is 8.52. The lowest BCUT2D eigenvalue weighted by molar-refractivity contribution is -0.141. The van der Waals surface area contributed by atoms with E-state index >= 15 is 0 Å². The third kappa shape index (κ3) is 6.60. The molecule has 0 spiro atoms. The number of nitrogens with zero attached hydrogens (tertiary/aromatic N) is 1. The number of hydrogen-bond donors (Lipinski definition) is 2. The standard InChI is InChI=1S/C24H23F3N2O5/c1-23(2,3)34-22(32)28-18(21(30)31)12-14-8-10-16(11-9-14)33-20-17-7-5-4-6-15(17)13-19(29-20)24(25,26)27/h4-11,13,18H,12H2,1-3H3,(H,28,32)(H,30,31). The van der Waals surface area contributed by atoms with E-state index < -0.39 is 35.6 Å². The highest BCUT2D eigenvalue weighted by molar-refractivity contribution is 5.87. The van der Waals surface area contributed by atoms with Crippen LogP contribution in [0.2, 0.25) is 0 Å². The van der Waals surface area contributed by atoms with Crippen LogP contribution in [0.5, 0.6) is 11.6 Å². The number of carbonyl (C=O) groups excluding carboxylic acids is 1. The first kappa shape index (κ1) is 24.8. The molecular weight excluding hydrogens is 453 g/mol. The van der Waals surface area contributed by atoms with E-state index in [9.17, 15) is 27.9 Å². The number of amides is 1. The average Bonchev–Trinajstić information content (AvgIpc) is 2.72. The predicted octanol–water partition coefficient (Wildman–Crippen LogP) is 5.57. The summed E-state index contributed by atoms with van der Waals surface area (Å²) < 4.78 is 50.5. The molecule has 3 rings (SSSR count). The summed E-state index contributed by atoms with van der Waals surface area (Å²) in [6.07, 6.45) is -5.54. The summed E-state index contributed by atoms with van der Waals surface area (Å²) in [7, 11) is 0. The molecule has 10 heteroatoms. The number of carboxylic acids is 1. The van der Waals surface area contributed by atoms with Crippen molar-refractivity contribution in [3.05, 3.63) is 65.9 Å². The Morgan fingerprint density at radius 2 is 1.71 bits per heavy atom. The molecule has 2 N–H and O–H groups in total. The molecule has 3 aromatic rings. The lowest BCUT2D eigenvalue weighted by Crippen LogP contribution is -2.44. The van der Waals surface area contributed by atoms with Crippen LogP contribution in [0, 0.1) is 0 Å². The zero-order valence-electron chi connectivity index (χ0n) is 18.6. The van der Waals surface area contributed by atoms with Crippen LogP contribution in [0.3, 0.4) is 0 Å². The molecule has 0 radical (unpaired) electrons. The molecule has 0 saturated carbocycles. The number of ether oxygens (including phenoxy) is 2. The van der Waals surface area contributed by atoms with E-state index in [2.05, 4.69) is 10.3 Å².